The molecule has 0 unspecified atom stereocenters. The second kappa shape index (κ2) is 8.87. The highest BCUT2D eigenvalue weighted by Gasteiger charge is 2.22. The van der Waals surface area contributed by atoms with E-state index in [9.17, 15) is 20.1 Å². The average molecular weight is 350 g/mol. The van der Waals surface area contributed by atoms with Gasteiger partial charge in [0.25, 0.3) is 0 Å². The summed E-state index contributed by atoms with van der Waals surface area (Å²) < 4.78 is 10.6. The zero-order valence-electron chi connectivity index (χ0n) is 14.6. The first-order valence-electron chi connectivity index (χ1n) is 8.57. The summed E-state index contributed by atoms with van der Waals surface area (Å²) >= 11 is 0. The highest BCUT2D eigenvalue weighted by molar-refractivity contribution is 5.97. The minimum Gasteiger partial charge on any atom is -0.507 e. The molecule has 25 heavy (non-hydrogen) atoms. The molecule has 1 aromatic rings. The predicted molar refractivity (Wildman–Crippen MR) is 93.7 cm³/mol. The number of cyclic esters (lactones) is 1. The van der Waals surface area contributed by atoms with Crippen molar-refractivity contribution < 1.29 is 29.6 Å². The number of carbonyl (C=O) groups is 1. The van der Waals surface area contributed by atoms with E-state index >= 15 is 0 Å². The Labute approximate surface area is 147 Å². The number of aliphatic hydroxyl groups excluding tert-OH is 2. The van der Waals surface area contributed by atoms with Gasteiger partial charge < -0.3 is 24.8 Å². The molecule has 138 valence electrons. The minimum atomic E-state index is -0.788. The van der Waals surface area contributed by atoms with Crippen molar-refractivity contribution in [1.29, 1.82) is 0 Å². The van der Waals surface area contributed by atoms with Crippen molar-refractivity contribution in [2.45, 2.75) is 57.3 Å². The van der Waals surface area contributed by atoms with Gasteiger partial charge in [-0.15, -0.1) is 0 Å². The summed E-state index contributed by atoms with van der Waals surface area (Å²) in [6.07, 6.45) is 4.14. The van der Waals surface area contributed by atoms with E-state index < -0.39 is 18.2 Å². The van der Waals surface area contributed by atoms with Crippen molar-refractivity contribution in [3.05, 3.63) is 29.3 Å². The molecule has 0 spiro atoms. The maximum Gasteiger partial charge on any atom is 0.342 e. The molecule has 0 saturated heterocycles. The van der Waals surface area contributed by atoms with Gasteiger partial charge in [-0.2, -0.15) is 0 Å². The highest BCUT2D eigenvalue weighted by atomic mass is 16.5. The molecule has 0 bridgehead atoms. The fraction of sp³-hybridized carbons (Fsp3) is 0.526. The number of benzene rings is 1. The Kier molecular flexibility index (Phi) is 6.84. The number of aliphatic hydroxyl groups is 2. The molecule has 1 aliphatic heterocycles. The molecular weight excluding hydrogens is 324 g/mol. The third-order valence-electron chi connectivity index (χ3n) is 4.35. The molecular formula is C19H26O6. The molecule has 0 radical (unpaired) electrons. The summed E-state index contributed by atoms with van der Waals surface area (Å²) in [7, 11) is 1.48. The monoisotopic (exact) mass is 350 g/mol. The lowest BCUT2D eigenvalue weighted by molar-refractivity contribution is 0.00511. The zero-order valence-corrected chi connectivity index (χ0v) is 14.6. The average Bonchev–Trinajstić information content (AvgIpc) is 2.56. The number of phenols is 1. The van der Waals surface area contributed by atoms with E-state index in [1.807, 2.05) is 0 Å². The van der Waals surface area contributed by atoms with Gasteiger partial charge in [-0.3, -0.25) is 0 Å². The number of allylic oxidation sites excluding steroid dienone is 1. The van der Waals surface area contributed by atoms with E-state index in [4.69, 9.17) is 9.47 Å². The first kappa shape index (κ1) is 19.3. The molecule has 2 rings (SSSR count). The molecule has 0 saturated carbocycles. The number of ether oxygens (including phenoxy) is 2. The molecule has 0 aliphatic carbocycles. The Morgan fingerprint density at radius 1 is 1.16 bits per heavy atom. The van der Waals surface area contributed by atoms with Crippen LogP contribution in [-0.4, -0.2) is 46.7 Å². The van der Waals surface area contributed by atoms with Crippen LogP contribution in [0.1, 0.15) is 54.9 Å². The van der Waals surface area contributed by atoms with Crippen molar-refractivity contribution >= 4 is 12.0 Å². The largest absolute Gasteiger partial charge is 0.507 e. The van der Waals surface area contributed by atoms with Crippen LogP contribution in [-0.2, 0) is 4.74 Å². The van der Waals surface area contributed by atoms with Crippen LogP contribution >= 0.6 is 0 Å². The summed E-state index contributed by atoms with van der Waals surface area (Å²) in [6.45, 7) is 1.77. The van der Waals surface area contributed by atoms with E-state index in [0.29, 0.717) is 43.4 Å². The van der Waals surface area contributed by atoms with Crippen LogP contribution in [0, 0.1) is 0 Å². The standard InChI is InChI=1S/C19H26O6/c1-12-6-5-9-16(21)15(20)8-4-3-7-13-10-14(24-2)11-17(22)18(13)19(23)25-12/h3,7,10-12,15-16,20-22H,4-6,8-9H2,1-2H3/b7-3+/t12-,15-,16+/m0/s1. The second-order valence-corrected chi connectivity index (χ2v) is 6.37. The first-order valence-corrected chi connectivity index (χ1v) is 8.57. The normalized spacial score (nSPS) is 26.9. The van der Waals surface area contributed by atoms with Gasteiger partial charge in [0.05, 0.1) is 25.4 Å². The van der Waals surface area contributed by atoms with Gasteiger partial charge in [0.15, 0.2) is 0 Å². The summed E-state index contributed by atoms with van der Waals surface area (Å²) in [4.78, 5) is 12.5. The number of fused-ring (bicyclic) bond motifs is 1. The third kappa shape index (κ3) is 5.21. The van der Waals surface area contributed by atoms with Gasteiger partial charge in [0.1, 0.15) is 17.1 Å². The maximum absolute atomic E-state index is 12.5. The summed E-state index contributed by atoms with van der Waals surface area (Å²) in [5, 5.41) is 30.2. The lowest BCUT2D eigenvalue weighted by atomic mass is 10.00. The van der Waals surface area contributed by atoms with Crippen LogP contribution in [0.25, 0.3) is 6.08 Å². The van der Waals surface area contributed by atoms with Crippen molar-refractivity contribution in [2.24, 2.45) is 0 Å². The second-order valence-electron chi connectivity index (χ2n) is 6.37. The van der Waals surface area contributed by atoms with Gasteiger partial charge in [-0.25, -0.2) is 4.79 Å². The van der Waals surface area contributed by atoms with E-state index in [1.165, 1.54) is 13.2 Å². The van der Waals surface area contributed by atoms with Gasteiger partial charge >= 0.3 is 5.97 Å². The smallest absolute Gasteiger partial charge is 0.342 e. The fourth-order valence-electron chi connectivity index (χ4n) is 2.87. The molecule has 1 heterocycles. The Hall–Kier alpha value is -2.05. The van der Waals surface area contributed by atoms with E-state index in [-0.39, 0.29) is 17.4 Å². The van der Waals surface area contributed by atoms with E-state index in [0.717, 1.165) is 0 Å². The molecule has 0 amide bonds. The Morgan fingerprint density at radius 2 is 1.88 bits per heavy atom. The lowest BCUT2D eigenvalue weighted by Crippen LogP contribution is -2.26. The maximum atomic E-state index is 12.5. The van der Waals surface area contributed by atoms with Crippen LogP contribution in [0.2, 0.25) is 0 Å². The van der Waals surface area contributed by atoms with Gasteiger partial charge in [0.2, 0.25) is 0 Å². The van der Waals surface area contributed by atoms with Crippen molar-refractivity contribution in [2.75, 3.05) is 7.11 Å². The molecule has 3 N–H and O–H groups in total. The predicted octanol–water partition coefficient (Wildman–Crippen LogP) is 2.65. The van der Waals surface area contributed by atoms with Crippen LogP contribution in [0.4, 0.5) is 0 Å². The summed E-state index contributed by atoms with van der Waals surface area (Å²) in [6, 6.07) is 3.02. The van der Waals surface area contributed by atoms with Crippen LogP contribution in [0.15, 0.2) is 18.2 Å². The molecule has 1 aliphatic rings. The number of esters is 1. The first-order chi connectivity index (χ1) is 11.9. The van der Waals surface area contributed by atoms with Crippen molar-refractivity contribution in [3.63, 3.8) is 0 Å². The number of methoxy groups -OCH3 is 1. The third-order valence-corrected chi connectivity index (χ3v) is 4.35. The number of phenolic OH excluding ortho intramolecular Hbond substituents is 1. The minimum absolute atomic E-state index is 0.0987. The summed E-state index contributed by atoms with van der Waals surface area (Å²) in [5.74, 6) is -0.359. The lowest BCUT2D eigenvalue weighted by Gasteiger charge is -2.20. The quantitative estimate of drug-likeness (QED) is 0.674. The topological polar surface area (TPSA) is 96.2 Å². The summed E-state index contributed by atoms with van der Waals surface area (Å²) in [5.41, 5.74) is 0.586. The van der Waals surface area contributed by atoms with E-state index in [2.05, 4.69) is 0 Å². The van der Waals surface area contributed by atoms with Crippen LogP contribution < -0.4 is 4.74 Å². The molecule has 6 heteroatoms. The highest BCUT2D eigenvalue weighted by Crippen LogP contribution is 2.30. The number of aromatic hydroxyl groups is 1. The number of hydrogen-bond acceptors (Lipinski definition) is 6. The van der Waals surface area contributed by atoms with Crippen molar-refractivity contribution in [3.8, 4) is 11.5 Å². The molecule has 0 fully saturated rings. The van der Waals surface area contributed by atoms with Crippen molar-refractivity contribution in [1.82, 2.24) is 0 Å². The molecule has 6 nitrogen and oxygen atoms in total. The van der Waals surface area contributed by atoms with E-state index in [1.54, 1.807) is 25.1 Å². The Bertz CT molecular complexity index is 625. The van der Waals surface area contributed by atoms with Gasteiger partial charge in [-0.1, -0.05) is 12.2 Å². The van der Waals surface area contributed by atoms with Gasteiger partial charge in [0, 0.05) is 6.07 Å². The Balaban J connectivity index is 2.35. The Morgan fingerprint density at radius 3 is 2.60 bits per heavy atom. The number of rotatable bonds is 1. The number of hydrogen-bond donors (Lipinski definition) is 3. The number of carbonyl (C=O) groups excluding carboxylic acids is 1. The van der Waals surface area contributed by atoms with Crippen LogP contribution in [0.5, 0.6) is 11.5 Å². The molecule has 1 aromatic carbocycles. The SMILES string of the molecule is COc1cc(O)c2c(c1)/C=C/CC[C@H](O)[C@H](O)CCC[C@H](C)OC2=O. The van der Waals surface area contributed by atoms with Crippen LogP contribution in [0.3, 0.4) is 0 Å². The fourth-order valence-corrected chi connectivity index (χ4v) is 2.87. The molecule has 3 atom stereocenters. The zero-order chi connectivity index (χ0) is 18.4. The molecule has 0 aromatic heterocycles. The van der Waals surface area contributed by atoms with Gasteiger partial charge in [-0.05, 0) is 50.7 Å².